The van der Waals surface area contributed by atoms with Gasteiger partial charge >= 0.3 is 0 Å². The summed E-state index contributed by atoms with van der Waals surface area (Å²) >= 11 is 0. The second-order valence-electron chi connectivity index (χ2n) is 5.54. The number of H-pyrrole nitrogens is 1. The summed E-state index contributed by atoms with van der Waals surface area (Å²) in [4.78, 5) is 27.0. The first-order valence-corrected chi connectivity index (χ1v) is 7.41. The maximum Gasteiger partial charge on any atom is 0.261 e. The van der Waals surface area contributed by atoms with Crippen LogP contribution in [0, 0.1) is 5.82 Å². The van der Waals surface area contributed by atoms with E-state index in [9.17, 15) is 14.0 Å². The summed E-state index contributed by atoms with van der Waals surface area (Å²) in [5.41, 5.74) is 2.40. The first-order chi connectivity index (χ1) is 10.6. The molecule has 3 rings (SSSR count). The lowest BCUT2D eigenvalue weighted by Gasteiger charge is -2.15. The number of nitrogens with one attached hydrogen (secondary N) is 2. The van der Waals surface area contributed by atoms with E-state index in [0.717, 1.165) is 36.9 Å². The van der Waals surface area contributed by atoms with Crippen LogP contribution in [0.1, 0.15) is 40.0 Å². The molecule has 0 saturated carbocycles. The zero-order valence-electron chi connectivity index (χ0n) is 12.1. The van der Waals surface area contributed by atoms with Gasteiger partial charge in [-0.15, -0.1) is 0 Å². The average Bonchev–Trinajstić information content (AvgIpc) is 2.52. The fourth-order valence-electron chi connectivity index (χ4n) is 2.77. The molecule has 2 N–H and O–H groups in total. The number of carbonyl (C=O) groups excluding carboxylic acids is 1. The van der Waals surface area contributed by atoms with E-state index in [1.54, 1.807) is 18.2 Å². The number of aromatic nitrogens is 1. The van der Waals surface area contributed by atoms with E-state index in [1.807, 2.05) is 0 Å². The van der Waals surface area contributed by atoms with Gasteiger partial charge in [0.1, 0.15) is 11.4 Å². The highest BCUT2D eigenvalue weighted by Crippen LogP contribution is 2.18. The van der Waals surface area contributed by atoms with E-state index in [-0.39, 0.29) is 23.5 Å². The van der Waals surface area contributed by atoms with Crippen molar-refractivity contribution >= 4 is 5.91 Å². The third-order valence-corrected chi connectivity index (χ3v) is 3.92. The Labute approximate surface area is 127 Å². The van der Waals surface area contributed by atoms with Gasteiger partial charge in [0.2, 0.25) is 0 Å². The van der Waals surface area contributed by atoms with Crippen LogP contribution >= 0.6 is 0 Å². The van der Waals surface area contributed by atoms with Gasteiger partial charge in [0, 0.05) is 12.2 Å². The Morgan fingerprint density at radius 2 is 2.05 bits per heavy atom. The number of amides is 1. The second kappa shape index (κ2) is 6.13. The summed E-state index contributed by atoms with van der Waals surface area (Å²) in [7, 11) is 0. The molecule has 1 aliphatic carbocycles. The Morgan fingerprint density at radius 1 is 1.23 bits per heavy atom. The lowest BCUT2D eigenvalue weighted by Crippen LogP contribution is -2.30. The van der Waals surface area contributed by atoms with Gasteiger partial charge in [0.05, 0.1) is 0 Å². The van der Waals surface area contributed by atoms with Gasteiger partial charge in [-0.3, -0.25) is 9.59 Å². The third-order valence-electron chi connectivity index (χ3n) is 3.92. The number of fused-ring (bicyclic) bond motifs is 1. The third kappa shape index (κ3) is 3.08. The molecule has 2 aromatic rings. The van der Waals surface area contributed by atoms with Crippen molar-refractivity contribution in [2.75, 3.05) is 0 Å². The maximum atomic E-state index is 13.1. The van der Waals surface area contributed by atoms with Crippen molar-refractivity contribution < 1.29 is 9.18 Å². The molecule has 0 spiro atoms. The number of halogens is 1. The van der Waals surface area contributed by atoms with Crippen molar-refractivity contribution in [1.82, 2.24) is 10.3 Å². The quantitative estimate of drug-likeness (QED) is 0.914. The topological polar surface area (TPSA) is 62.0 Å². The number of pyridine rings is 1. The van der Waals surface area contributed by atoms with Crippen LogP contribution in [0.3, 0.4) is 0 Å². The number of benzene rings is 1. The molecule has 0 bridgehead atoms. The van der Waals surface area contributed by atoms with Crippen LogP contribution in [0.5, 0.6) is 0 Å². The summed E-state index contributed by atoms with van der Waals surface area (Å²) in [5.74, 6) is -0.780. The SMILES string of the molecule is O=C(NCc1cccc(F)c1)c1cc2c([nH]c1=O)CCCC2. The lowest BCUT2D eigenvalue weighted by atomic mass is 9.95. The molecule has 1 amide bonds. The van der Waals surface area contributed by atoms with E-state index in [2.05, 4.69) is 10.3 Å². The van der Waals surface area contributed by atoms with Gasteiger partial charge in [0.25, 0.3) is 11.5 Å². The molecule has 0 unspecified atom stereocenters. The predicted octanol–water partition coefficient (Wildman–Crippen LogP) is 2.32. The van der Waals surface area contributed by atoms with Crippen molar-refractivity contribution in [2.24, 2.45) is 0 Å². The van der Waals surface area contributed by atoms with E-state index in [1.165, 1.54) is 12.1 Å². The molecule has 1 aliphatic rings. The minimum atomic E-state index is -0.432. The van der Waals surface area contributed by atoms with Gasteiger partial charge in [-0.25, -0.2) is 4.39 Å². The van der Waals surface area contributed by atoms with Crippen LogP contribution in [-0.4, -0.2) is 10.9 Å². The minimum absolute atomic E-state index is 0.122. The van der Waals surface area contributed by atoms with Crippen LogP contribution < -0.4 is 10.9 Å². The molecule has 0 atom stereocenters. The molecule has 0 radical (unpaired) electrons. The van der Waals surface area contributed by atoms with Crippen molar-refractivity contribution in [3.8, 4) is 0 Å². The highest BCUT2D eigenvalue weighted by molar-refractivity contribution is 5.94. The van der Waals surface area contributed by atoms with Crippen LogP contribution in [0.4, 0.5) is 4.39 Å². The zero-order valence-corrected chi connectivity index (χ0v) is 12.1. The minimum Gasteiger partial charge on any atom is -0.348 e. The van der Waals surface area contributed by atoms with Crippen molar-refractivity contribution in [2.45, 2.75) is 32.2 Å². The zero-order chi connectivity index (χ0) is 15.5. The molecule has 1 aromatic carbocycles. The van der Waals surface area contributed by atoms with Crippen LogP contribution in [-0.2, 0) is 19.4 Å². The molecule has 4 nitrogen and oxygen atoms in total. The van der Waals surface area contributed by atoms with E-state index < -0.39 is 5.91 Å². The smallest absolute Gasteiger partial charge is 0.261 e. The van der Waals surface area contributed by atoms with Crippen molar-refractivity contribution in [3.05, 3.63) is 68.9 Å². The van der Waals surface area contributed by atoms with Gasteiger partial charge in [-0.05, 0) is 55.0 Å². The van der Waals surface area contributed by atoms with Crippen LogP contribution in [0.25, 0.3) is 0 Å². The van der Waals surface area contributed by atoms with Crippen molar-refractivity contribution in [1.29, 1.82) is 0 Å². The second-order valence-corrected chi connectivity index (χ2v) is 5.54. The molecule has 1 aromatic heterocycles. The molecule has 0 aliphatic heterocycles. The van der Waals surface area contributed by atoms with Gasteiger partial charge < -0.3 is 10.3 Å². The number of aryl methyl sites for hydroxylation is 2. The van der Waals surface area contributed by atoms with Crippen LogP contribution in [0.2, 0.25) is 0 Å². The number of hydrogen-bond donors (Lipinski definition) is 2. The monoisotopic (exact) mass is 300 g/mol. The van der Waals surface area contributed by atoms with Gasteiger partial charge in [-0.2, -0.15) is 0 Å². The molecule has 5 heteroatoms. The fourth-order valence-corrected chi connectivity index (χ4v) is 2.77. The van der Waals surface area contributed by atoms with Crippen LogP contribution in [0.15, 0.2) is 35.1 Å². The number of rotatable bonds is 3. The van der Waals surface area contributed by atoms with Gasteiger partial charge in [0.15, 0.2) is 0 Å². The summed E-state index contributed by atoms with van der Waals surface area (Å²) in [6.45, 7) is 0.188. The van der Waals surface area contributed by atoms with Gasteiger partial charge in [-0.1, -0.05) is 12.1 Å². The molecule has 114 valence electrons. The fraction of sp³-hybridized carbons (Fsp3) is 0.294. The highest BCUT2D eigenvalue weighted by atomic mass is 19.1. The standard InChI is InChI=1S/C17H17FN2O2/c18-13-6-3-4-11(8-13)10-19-16(21)14-9-12-5-1-2-7-15(12)20-17(14)22/h3-4,6,8-9H,1-2,5,7,10H2,(H,19,21)(H,20,22). The lowest BCUT2D eigenvalue weighted by molar-refractivity contribution is 0.0949. The number of hydrogen-bond acceptors (Lipinski definition) is 2. The average molecular weight is 300 g/mol. The Balaban J connectivity index is 1.76. The summed E-state index contributed by atoms with van der Waals surface area (Å²) in [6.07, 6.45) is 3.88. The normalized spacial score (nSPS) is 13.5. The Bertz CT molecular complexity index is 767. The molecule has 22 heavy (non-hydrogen) atoms. The number of aromatic amines is 1. The highest BCUT2D eigenvalue weighted by Gasteiger charge is 2.16. The first kappa shape index (κ1) is 14.5. The van der Waals surface area contributed by atoms with E-state index in [4.69, 9.17) is 0 Å². The van der Waals surface area contributed by atoms with Crippen molar-refractivity contribution in [3.63, 3.8) is 0 Å². The predicted molar refractivity (Wildman–Crippen MR) is 81.3 cm³/mol. The van der Waals surface area contributed by atoms with E-state index >= 15 is 0 Å². The largest absolute Gasteiger partial charge is 0.348 e. The maximum absolute atomic E-state index is 13.1. The summed E-state index contributed by atoms with van der Waals surface area (Å²) in [5, 5.41) is 2.66. The summed E-state index contributed by atoms with van der Waals surface area (Å²) < 4.78 is 13.1. The molecular formula is C17H17FN2O2. The van der Waals surface area contributed by atoms with E-state index in [0.29, 0.717) is 5.56 Å². The number of carbonyl (C=O) groups is 1. The Morgan fingerprint density at radius 3 is 2.86 bits per heavy atom. The first-order valence-electron chi connectivity index (χ1n) is 7.41. The Kier molecular flexibility index (Phi) is 4.04. The molecule has 0 fully saturated rings. The Hall–Kier alpha value is -2.43. The molecular weight excluding hydrogens is 283 g/mol. The summed E-state index contributed by atoms with van der Waals surface area (Å²) in [6, 6.07) is 7.70. The molecule has 0 saturated heterocycles. The molecule has 1 heterocycles.